The second-order valence-electron chi connectivity index (χ2n) is 1.71. The minimum Gasteiger partial charge on any atom is -0.384 e. The molecule has 0 amide bonds. The van der Waals surface area contributed by atoms with E-state index in [1.165, 1.54) is 0 Å². The first-order valence-corrected chi connectivity index (χ1v) is 3.43. The van der Waals surface area contributed by atoms with Crippen molar-refractivity contribution in [1.82, 2.24) is 0 Å². The molecule has 3 heteroatoms. The second-order valence-corrected chi connectivity index (χ2v) is 2.63. The molecule has 0 bridgehead atoms. The molecule has 2 nitrogen and oxygen atoms in total. The summed E-state index contributed by atoms with van der Waals surface area (Å²) in [7, 11) is 0. The molecule has 1 heterocycles. The first-order chi connectivity index (χ1) is 4.29. The fourth-order valence-electron chi connectivity index (χ4n) is 0.534. The fraction of sp³-hybridized carbons (Fsp3) is 0.167. The van der Waals surface area contributed by atoms with Crippen molar-refractivity contribution < 1.29 is 0 Å². The molecular formula is C6H7BrN2. The van der Waals surface area contributed by atoms with E-state index in [1.807, 2.05) is 12.2 Å². The normalized spacial score (nSPS) is 18.3. The zero-order valence-corrected chi connectivity index (χ0v) is 6.43. The minimum absolute atomic E-state index is 0.584. The highest BCUT2D eigenvalue weighted by molar-refractivity contribution is 9.12. The van der Waals surface area contributed by atoms with Gasteiger partial charge in [0.1, 0.15) is 5.82 Å². The van der Waals surface area contributed by atoms with Gasteiger partial charge < -0.3 is 5.73 Å². The van der Waals surface area contributed by atoms with E-state index in [1.54, 1.807) is 6.21 Å². The standard InChI is InChI=1S/C6H7BrN2/c7-5-2-1-3-6(8)9-4-5/h2-4H,1,8H2. The van der Waals surface area contributed by atoms with Gasteiger partial charge >= 0.3 is 0 Å². The molecule has 0 saturated carbocycles. The van der Waals surface area contributed by atoms with Crippen LogP contribution >= 0.6 is 15.9 Å². The predicted octanol–water partition coefficient (Wildman–Crippen LogP) is 1.54. The Kier molecular flexibility index (Phi) is 2.05. The average Bonchev–Trinajstić information content (AvgIpc) is 1.97. The van der Waals surface area contributed by atoms with E-state index in [0.717, 1.165) is 10.9 Å². The van der Waals surface area contributed by atoms with Crippen LogP contribution in [-0.2, 0) is 0 Å². The van der Waals surface area contributed by atoms with Crippen LogP contribution in [-0.4, -0.2) is 6.21 Å². The molecule has 48 valence electrons. The van der Waals surface area contributed by atoms with E-state index >= 15 is 0 Å². The molecule has 1 rings (SSSR count). The molecule has 1 aliphatic rings. The monoisotopic (exact) mass is 186 g/mol. The molecule has 0 atom stereocenters. The topological polar surface area (TPSA) is 38.4 Å². The highest BCUT2D eigenvalue weighted by Crippen LogP contribution is 2.07. The lowest BCUT2D eigenvalue weighted by Crippen LogP contribution is -1.91. The van der Waals surface area contributed by atoms with Gasteiger partial charge in [-0.15, -0.1) is 0 Å². The maximum atomic E-state index is 5.41. The van der Waals surface area contributed by atoms with Crippen molar-refractivity contribution in [2.45, 2.75) is 6.42 Å². The number of aliphatic imine (C=N–C) groups is 1. The van der Waals surface area contributed by atoms with Gasteiger partial charge in [-0.25, -0.2) is 4.99 Å². The molecule has 2 N–H and O–H groups in total. The van der Waals surface area contributed by atoms with E-state index in [9.17, 15) is 0 Å². The first-order valence-electron chi connectivity index (χ1n) is 2.64. The van der Waals surface area contributed by atoms with Gasteiger partial charge in [0.25, 0.3) is 0 Å². The SMILES string of the molecule is NC1=CCC=C(Br)C=N1. The van der Waals surface area contributed by atoms with Crippen molar-refractivity contribution in [2.75, 3.05) is 0 Å². The van der Waals surface area contributed by atoms with Crippen molar-refractivity contribution in [3.05, 3.63) is 22.5 Å². The van der Waals surface area contributed by atoms with Crippen molar-refractivity contribution >= 4 is 22.1 Å². The molecule has 0 fully saturated rings. The zero-order valence-electron chi connectivity index (χ0n) is 4.84. The van der Waals surface area contributed by atoms with Gasteiger partial charge in [0.15, 0.2) is 0 Å². The van der Waals surface area contributed by atoms with Crippen LogP contribution in [0, 0.1) is 0 Å². The quantitative estimate of drug-likeness (QED) is 0.613. The van der Waals surface area contributed by atoms with E-state index in [-0.39, 0.29) is 0 Å². The van der Waals surface area contributed by atoms with Gasteiger partial charge in [-0.2, -0.15) is 0 Å². The third-order valence-corrected chi connectivity index (χ3v) is 1.51. The summed E-state index contributed by atoms with van der Waals surface area (Å²) in [6.07, 6.45) is 6.42. The van der Waals surface area contributed by atoms with Crippen molar-refractivity contribution in [3.8, 4) is 0 Å². The van der Waals surface area contributed by atoms with Gasteiger partial charge in [-0.05, 0) is 28.4 Å². The van der Waals surface area contributed by atoms with E-state index in [2.05, 4.69) is 20.9 Å². The lowest BCUT2D eigenvalue weighted by atomic mass is 10.4. The number of hydrogen-bond acceptors (Lipinski definition) is 2. The number of hydrogen-bond donors (Lipinski definition) is 1. The molecule has 0 spiro atoms. The summed E-state index contributed by atoms with van der Waals surface area (Å²) in [5.41, 5.74) is 5.41. The summed E-state index contributed by atoms with van der Waals surface area (Å²) in [6, 6.07) is 0. The highest BCUT2D eigenvalue weighted by Gasteiger charge is 1.90. The summed E-state index contributed by atoms with van der Waals surface area (Å²) < 4.78 is 0.985. The smallest absolute Gasteiger partial charge is 0.119 e. The third-order valence-electron chi connectivity index (χ3n) is 0.977. The Morgan fingerprint density at radius 1 is 1.56 bits per heavy atom. The Morgan fingerprint density at radius 2 is 2.33 bits per heavy atom. The van der Waals surface area contributed by atoms with Gasteiger partial charge in [-0.1, -0.05) is 6.08 Å². The Labute approximate surface area is 62.3 Å². The molecule has 0 aliphatic carbocycles. The lowest BCUT2D eigenvalue weighted by molar-refractivity contribution is 1.21. The Morgan fingerprint density at radius 3 is 3.11 bits per heavy atom. The molecule has 9 heavy (non-hydrogen) atoms. The van der Waals surface area contributed by atoms with Crippen molar-refractivity contribution in [3.63, 3.8) is 0 Å². The molecule has 1 aliphatic heterocycles. The van der Waals surface area contributed by atoms with Gasteiger partial charge in [-0.3, -0.25) is 0 Å². The first kappa shape index (κ1) is 6.55. The summed E-state index contributed by atoms with van der Waals surface area (Å²) in [5, 5.41) is 0. The summed E-state index contributed by atoms with van der Waals surface area (Å²) in [5.74, 6) is 0.584. The lowest BCUT2D eigenvalue weighted by Gasteiger charge is -1.84. The van der Waals surface area contributed by atoms with Gasteiger partial charge in [0.2, 0.25) is 0 Å². The van der Waals surface area contributed by atoms with Crippen LogP contribution in [0.5, 0.6) is 0 Å². The van der Waals surface area contributed by atoms with Crippen LogP contribution in [0.15, 0.2) is 27.4 Å². The largest absolute Gasteiger partial charge is 0.384 e. The minimum atomic E-state index is 0.584. The molecular weight excluding hydrogens is 180 g/mol. The second kappa shape index (κ2) is 2.82. The molecule has 0 aromatic rings. The van der Waals surface area contributed by atoms with Gasteiger partial charge in [0, 0.05) is 10.7 Å². The Hall–Kier alpha value is -0.570. The van der Waals surface area contributed by atoms with Crippen LogP contribution in [0.2, 0.25) is 0 Å². The van der Waals surface area contributed by atoms with Crippen molar-refractivity contribution in [1.29, 1.82) is 0 Å². The molecule has 0 aromatic carbocycles. The van der Waals surface area contributed by atoms with Crippen LogP contribution in [0.3, 0.4) is 0 Å². The van der Waals surface area contributed by atoms with E-state index in [4.69, 9.17) is 5.73 Å². The Balaban J connectivity index is 2.75. The fourth-order valence-corrected chi connectivity index (χ4v) is 0.823. The number of nitrogens with two attached hydrogens (primary N) is 1. The number of halogens is 1. The van der Waals surface area contributed by atoms with Gasteiger partial charge in [0.05, 0.1) is 0 Å². The van der Waals surface area contributed by atoms with E-state index < -0.39 is 0 Å². The average molecular weight is 187 g/mol. The van der Waals surface area contributed by atoms with Crippen molar-refractivity contribution in [2.24, 2.45) is 10.7 Å². The van der Waals surface area contributed by atoms with Crippen LogP contribution < -0.4 is 5.73 Å². The third kappa shape index (κ3) is 2.01. The molecule has 0 unspecified atom stereocenters. The number of rotatable bonds is 0. The maximum absolute atomic E-state index is 5.41. The number of nitrogens with zero attached hydrogens (tertiary/aromatic N) is 1. The van der Waals surface area contributed by atoms with Crippen LogP contribution in [0.4, 0.5) is 0 Å². The zero-order chi connectivity index (χ0) is 6.69. The molecule has 0 saturated heterocycles. The molecule has 0 aromatic heterocycles. The van der Waals surface area contributed by atoms with Crippen LogP contribution in [0.1, 0.15) is 6.42 Å². The van der Waals surface area contributed by atoms with Crippen LogP contribution in [0.25, 0.3) is 0 Å². The summed E-state index contributed by atoms with van der Waals surface area (Å²) >= 11 is 3.29. The maximum Gasteiger partial charge on any atom is 0.119 e. The number of allylic oxidation sites excluding steroid dienone is 3. The predicted molar refractivity (Wildman–Crippen MR) is 42.4 cm³/mol. The summed E-state index contributed by atoms with van der Waals surface area (Å²) in [6.45, 7) is 0. The van der Waals surface area contributed by atoms with E-state index in [0.29, 0.717) is 5.82 Å². The molecule has 0 radical (unpaired) electrons. The Bertz CT molecular complexity index is 171. The highest BCUT2D eigenvalue weighted by atomic mass is 79.9. The summed E-state index contributed by atoms with van der Waals surface area (Å²) in [4.78, 5) is 3.90.